The molecule has 0 aliphatic rings. The molecule has 7 heteroatoms. The molecule has 1 aromatic carbocycles. The quantitative estimate of drug-likeness (QED) is 0.767. The first-order valence-corrected chi connectivity index (χ1v) is 8.06. The van der Waals surface area contributed by atoms with Gasteiger partial charge in [-0.2, -0.15) is 0 Å². The molecule has 1 aromatic rings. The minimum absolute atomic E-state index is 0.137. The lowest BCUT2D eigenvalue weighted by Gasteiger charge is -2.21. The summed E-state index contributed by atoms with van der Waals surface area (Å²) in [6, 6.07) is 6.71. The molecule has 7 nitrogen and oxygen atoms in total. The van der Waals surface area contributed by atoms with Gasteiger partial charge in [-0.15, -0.1) is 0 Å². The van der Waals surface area contributed by atoms with Crippen molar-refractivity contribution < 1.29 is 23.9 Å². The molecule has 0 spiro atoms. The van der Waals surface area contributed by atoms with Crippen LogP contribution in [0.4, 0.5) is 4.79 Å². The topological polar surface area (TPSA) is 93.7 Å². The summed E-state index contributed by atoms with van der Waals surface area (Å²) in [6.07, 6.45) is -0.422. The number of urea groups is 1. The molecule has 0 saturated carbocycles. The molecule has 138 valence electrons. The Balaban J connectivity index is 2.39. The average molecular weight is 350 g/mol. The van der Waals surface area contributed by atoms with Crippen molar-refractivity contribution in [1.82, 2.24) is 10.6 Å². The van der Waals surface area contributed by atoms with Gasteiger partial charge < -0.3 is 14.8 Å². The van der Waals surface area contributed by atoms with E-state index in [-0.39, 0.29) is 6.42 Å². The van der Waals surface area contributed by atoms with Crippen molar-refractivity contribution in [1.29, 1.82) is 0 Å². The van der Waals surface area contributed by atoms with E-state index in [9.17, 15) is 14.4 Å². The molecule has 0 bridgehead atoms. The highest BCUT2D eigenvalue weighted by Gasteiger charge is 2.21. The van der Waals surface area contributed by atoms with Crippen molar-refractivity contribution in [2.75, 3.05) is 7.11 Å². The number of aryl methyl sites for hydroxylation is 1. The summed E-state index contributed by atoms with van der Waals surface area (Å²) >= 11 is 0. The standard InChI is InChI=1S/C18H26N2O5/c1-12(16(22)19-17(23)20-18(2,3)4)25-15(21)11-8-13-6-9-14(24-5)10-7-13/h6-7,9-10,12H,8,11H2,1-5H3,(H2,19,20,22,23)/t12-/m1/s1. The lowest BCUT2D eigenvalue weighted by Crippen LogP contribution is -2.50. The zero-order chi connectivity index (χ0) is 19.0. The zero-order valence-electron chi connectivity index (χ0n) is 15.3. The molecule has 0 heterocycles. The van der Waals surface area contributed by atoms with E-state index in [1.54, 1.807) is 27.9 Å². The third kappa shape index (κ3) is 8.19. The first kappa shape index (κ1) is 20.5. The molecule has 0 saturated heterocycles. The van der Waals surface area contributed by atoms with Gasteiger partial charge in [0.05, 0.1) is 7.11 Å². The molecule has 0 aliphatic carbocycles. The molecule has 1 rings (SSSR count). The van der Waals surface area contributed by atoms with Gasteiger partial charge in [0.2, 0.25) is 0 Å². The highest BCUT2D eigenvalue weighted by atomic mass is 16.5. The molecule has 1 atom stereocenters. The van der Waals surface area contributed by atoms with Crippen molar-refractivity contribution in [3.05, 3.63) is 29.8 Å². The summed E-state index contributed by atoms with van der Waals surface area (Å²) in [6.45, 7) is 6.80. The van der Waals surface area contributed by atoms with Gasteiger partial charge in [-0.1, -0.05) is 12.1 Å². The maximum absolute atomic E-state index is 11.9. The van der Waals surface area contributed by atoms with Crippen LogP contribution in [0.3, 0.4) is 0 Å². The van der Waals surface area contributed by atoms with Gasteiger partial charge in [0.15, 0.2) is 6.10 Å². The first-order chi connectivity index (χ1) is 11.6. The predicted octanol–water partition coefficient (Wildman–Crippen LogP) is 2.18. The highest BCUT2D eigenvalue weighted by Crippen LogP contribution is 2.13. The highest BCUT2D eigenvalue weighted by molar-refractivity contribution is 5.97. The summed E-state index contributed by atoms with van der Waals surface area (Å²) in [4.78, 5) is 35.3. The van der Waals surface area contributed by atoms with E-state index >= 15 is 0 Å². The lowest BCUT2D eigenvalue weighted by molar-refractivity contribution is -0.154. The van der Waals surface area contributed by atoms with Crippen LogP contribution in [0.2, 0.25) is 0 Å². The van der Waals surface area contributed by atoms with Gasteiger partial charge in [-0.05, 0) is 51.8 Å². The minimum atomic E-state index is -1.05. The number of imide groups is 1. The molecule has 0 fully saturated rings. The van der Waals surface area contributed by atoms with Gasteiger partial charge in [-0.3, -0.25) is 14.9 Å². The van der Waals surface area contributed by atoms with Gasteiger partial charge >= 0.3 is 12.0 Å². The summed E-state index contributed by atoms with van der Waals surface area (Å²) < 4.78 is 10.1. The van der Waals surface area contributed by atoms with E-state index in [4.69, 9.17) is 9.47 Å². The number of esters is 1. The number of hydrogen-bond acceptors (Lipinski definition) is 5. The van der Waals surface area contributed by atoms with Gasteiger partial charge in [0, 0.05) is 12.0 Å². The van der Waals surface area contributed by atoms with E-state index in [0.717, 1.165) is 11.3 Å². The number of methoxy groups -OCH3 is 1. The Hall–Kier alpha value is -2.57. The fraction of sp³-hybridized carbons (Fsp3) is 0.500. The van der Waals surface area contributed by atoms with E-state index in [1.165, 1.54) is 6.92 Å². The molecule has 2 N–H and O–H groups in total. The monoisotopic (exact) mass is 350 g/mol. The molecule has 3 amide bonds. The van der Waals surface area contributed by atoms with Gasteiger partial charge in [-0.25, -0.2) is 4.79 Å². The number of hydrogen-bond donors (Lipinski definition) is 2. The van der Waals surface area contributed by atoms with E-state index in [1.807, 2.05) is 24.3 Å². The largest absolute Gasteiger partial charge is 0.497 e. The Kier molecular flexibility index (Phi) is 7.42. The number of carbonyl (C=O) groups excluding carboxylic acids is 3. The van der Waals surface area contributed by atoms with Crippen molar-refractivity contribution in [2.45, 2.75) is 52.2 Å². The Bertz CT molecular complexity index is 605. The third-order valence-corrected chi connectivity index (χ3v) is 3.18. The van der Waals surface area contributed by atoms with Crippen LogP contribution in [0.15, 0.2) is 24.3 Å². The number of ether oxygens (including phenoxy) is 2. The van der Waals surface area contributed by atoms with Crippen LogP contribution in [0.5, 0.6) is 5.75 Å². The van der Waals surface area contributed by atoms with E-state index in [2.05, 4.69) is 10.6 Å². The smallest absolute Gasteiger partial charge is 0.321 e. The number of rotatable bonds is 6. The third-order valence-electron chi connectivity index (χ3n) is 3.18. The summed E-state index contributed by atoms with van der Waals surface area (Å²) in [5.74, 6) is -0.431. The van der Waals surface area contributed by atoms with Gasteiger partial charge in [0.25, 0.3) is 5.91 Å². The van der Waals surface area contributed by atoms with Crippen molar-refractivity contribution in [3.63, 3.8) is 0 Å². The van der Waals surface area contributed by atoms with Crippen LogP contribution in [0.1, 0.15) is 39.7 Å². The average Bonchev–Trinajstić information content (AvgIpc) is 2.51. The predicted molar refractivity (Wildman–Crippen MR) is 93.3 cm³/mol. The minimum Gasteiger partial charge on any atom is -0.497 e. The summed E-state index contributed by atoms with van der Waals surface area (Å²) in [5, 5.41) is 4.74. The van der Waals surface area contributed by atoms with Crippen LogP contribution in [0, 0.1) is 0 Å². The lowest BCUT2D eigenvalue weighted by atomic mass is 10.1. The maximum Gasteiger partial charge on any atom is 0.321 e. The molecule has 0 radical (unpaired) electrons. The van der Waals surface area contributed by atoms with Crippen LogP contribution in [-0.4, -0.2) is 36.7 Å². The second kappa shape index (κ2) is 9.05. The fourth-order valence-corrected chi connectivity index (χ4v) is 1.93. The molecule has 0 unspecified atom stereocenters. The molecule has 25 heavy (non-hydrogen) atoms. The summed E-state index contributed by atoms with van der Waals surface area (Å²) in [5.41, 5.74) is 0.488. The van der Waals surface area contributed by atoms with Crippen molar-refractivity contribution >= 4 is 17.9 Å². The van der Waals surface area contributed by atoms with Crippen LogP contribution < -0.4 is 15.4 Å². The molecule has 0 aromatic heterocycles. The number of nitrogens with one attached hydrogen (secondary N) is 2. The Morgan fingerprint density at radius 2 is 1.72 bits per heavy atom. The Morgan fingerprint density at radius 1 is 1.12 bits per heavy atom. The zero-order valence-corrected chi connectivity index (χ0v) is 15.3. The fourth-order valence-electron chi connectivity index (χ4n) is 1.93. The van der Waals surface area contributed by atoms with Crippen LogP contribution in [0.25, 0.3) is 0 Å². The molecular weight excluding hydrogens is 324 g/mol. The Morgan fingerprint density at radius 3 is 2.24 bits per heavy atom. The summed E-state index contributed by atoms with van der Waals surface area (Å²) in [7, 11) is 1.58. The second-order valence-corrected chi connectivity index (χ2v) is 6.67. The van der Waals surface area contributed by atoms with Crippen LogP contribution in [-0.2, 0) is 20.7 Å². The number of benzene rings is 1. The number of carbonyl (C=O) groups is 3. The maximum atomic E-state index is 11.9. The van der Waals surface area contributed by atoms with E-state index in [0.29, 0.717) is 6.42 Å². The normalized spacial score (nSPS) is 12.0. The van der Waals surface area contributed by atoms with Gasteiger partial charge in [0.1, 0.15) is 5.75 Å². The van der Waals surface area contributed by atoms with E-state index < -0.39 is 29.6 Å². The van der Waals surface area contributed by atoms with Crippen molar-refractivity contribution in [3.8, 4) is 5.75 Å². The van der Waals surface area contributed by atoms with Crippen LogP contribution >= 0.6 is 0 Å². The first-order valence-electron chi connectivity index (χ1n) is 8.06. The van der Waals surface area contributed by atoms with Crippen molar-refractivity contribution in [2.24, 2.45) is 0 Å². The number of amides is 3. The molecule has 0 aliphatic heterocycles. The SMILES string of the molecule is COc1ccc(CCC(=O)O[C@H](C)C(=O)NC(=O)NC(C)(C)C)cc1. The molecular formula is C18H26N2O5. The Labute approximate surface area is 148 Å². The second-order valence-electron chi connectivity index (χ2n) is 6.67.